The number of rotatable bonds is 7. The number of aldehydes is 1. The minimum Gasteiger partial charge on any atom is -0.493 e. The third-order valence-corrected chi connectivity index (χ3v) is 2.55. The van der Waals surface area contributed by atoms with Gasteiger partial charge >= 0.3 is 0 Å². The molecular weight excluding hydrogens is 246 g/mol. The molecule has 1 amide bonds. The summed E-state index contributed by atoms with van der Waals surface area (Å²) in [7, 11) is 1.48. The zero-order chi connectivity index (χ0) is 14.3. The standard InChI is InChI=1S/C14H19NO4/c1-4-7-15-14(17)10(2)19-12-6-5-11(9-16)8-13(12)18-3/h5-6,8-10H,4,7H2,1-3H3,(H,15,17). The van der Waals surface area contributed by atoms with E-state index < -0.39 is 6.10 Å². The van der Waals surface area contributed by atoms with Crippen molar-refractivity contribution in [2.75, 3.05) is 13.7 Å². The van der Waals surface area contributed by atoms with E-state index in [4.69, 9.17) is 9.47 Å². The first kappa shape index (κ1) is 15.0. The van der Waals surface area contributed by atoms with E-state index in [0.717, 1.165) is 12.7 Å². The summed E-state index contributed by atoms with van der Waals surface area (Å²) in [5.41, 5.74) is 0.493. The molecule has 0 saturated carbocycles. The Labute approximate surface area is 112 Å². The smallest absolute Gasteiger partial charge is 0.260 e. The van der Waals surface area contributed by atoms with Crippen LogP contribution in [0.4, 0.5) is 0 Å². The summed E-state index contributed by atoms with van der Waals surface area (Å²) in [6.07, 6.45) is 0.974. The van der Waals surface area contributed by atoms with Crippen molar-refractivity contribution in [3.63, 3.8) is 0 Å². The topological polar surface area (TPSA) is 64.6 Å². The highest BCUT2D eigenvalue weighted by Crippen LogP contribution is 2.28. The zero-order valence-corrected chi connectivity index (χ0v) is 11.4. The fraction of sp³-hybridized carbons (Fsp3) is 0.429. The molecule has 5 heteroatoms. The van der Waals surface area contributed by atoms with Gasteiger partial charge in [0.15, 0.2) is 17.6 Å². The Hall–Kier alpha value is -2.04. The van der Waals surface area contributed by atoms with Crippen LogP contribution in [0.5, 0.6) is 11.5 Å². The van der Waals surface area contributed by atoms with Gasteiger partial charge in [-0.1, -0.05) is 6.92 Å². The van der Waals surface area contributed by atoms with E-state index in [1.807, 2.05) is 6.92 Å². The number of methoxy groups -OCH3 is 1. The van der Waals surface area contributed by atoms with Gasteiger partial charge in [0.05, 0.1) is 7.11 Å². The second-order valence-electron chi connectivity index (χ2n) is 4.08. The van der Waals surface area contributed by atoms with Crippen LogP contribution in [0.1, 0.15) is 30.6 Å². The normalized spacial score (nSPS) is 11.5. The largest absolute Gasteiger partial charge is 0.493 e. The number of amides is 1. The Kier molecular flexibility index (Phi) is 5.85. The van der Waals surface area contributed by atoms with Gasteiger partial charge in [0.2, 0.25) is 0 Å². The van der Waals surface area contributed by atoms with E-state index in [-0.39, 0.29) is 5.91 Å². The second kappa shape index (κ2) is 7.41. The van der Waals surface area contributed by atoms with Gasteiger partial charge in [-0.3, -0.25) is 9.59 Å². The van der Waals surface area contributed by atoms with E-state index in [2.05, 4.69) is 5.32 Å². The first-order valence-corrected chi connectivity index (χ1v) is 6.20. The molecule has 1 aromatic carbocycles. The molecule has 1 aromatic rings. The van der Waals surface area contributed by atoms with Crippen LogP contribution in [0, 0.1) is 0 Å². The van der Waals surface area contributed by atoms with E-state index in [0.29, 0.717) is 23.6 Å². The highest BCUT2D eigenvalue weighted by Gasteiger charge is 2.16. The third kappa shape index (κ3) is 4.28. The number of hydrogen-bond acceptors (Lipinski definition) is 4. The molecule has 19 heavy (non-hydrogen) atoms. The first-order valence-electron chi connectivity index (χ1n) is 6.20. The molecule has 1 unspecified atom stereocenters. The van der Waals surface area contributed by atoms with Crippen molar-refractivity contribution >= 4 is 12.2 Å². The first-order chi connectivity index (χ1) is 9.12. The van der Waals surface area contributed by atoms with Crippen LogP contribution in [0.2, 0.25) is 0 Å². The van der Waals surface area contributed by atoms with E-state index in [1.165, 1.54) is 7.11 Å². The highest BCUT2D eigenvalue weighted by atomic mass is 16.5. The van der Waals surface area contributed by atoms with Crippen LogP contribution < -0.4 is 14.8 Å². The van der Waals surface area contributed by atoms with E-state index in [9.17, 15) is 9.59 Å². The van der Waals surface area contributed by atoms with Gasteiger partial charge in [-0.2, -0.15) is 0 Å². The number of benzene rings is 1. The number of carbonyl (C=O) groups is 2. The third-order valence-electron chi connectivity index (χ3n) is 2.55. The second-order valence-corrected chi connectivity index (χ2v) is 4.08. The van der Waals surface area contributed by atoms with E-state index in [1.54, 1.807) is 25.1 Å². The monoisotopic (exact) mass is 265 g/mol. The Morgan fingerprint density at radius 2 is 2.16 bits per heavy atom. The molecule has 0 radical (unpaired) electrons. The SMILES string of the molecule is CCCNC(=O)C(C)Oc1ccc(C=O)cc1OC. The van der Waals surface area contributed by atoms with Crippen molar-refractivity contribution in [1.29, 1.82) is 0 Å². The van der Waals surface area contributed by atoms with Gasteiger partial charge in [-0.05, 0) is 31.5 Å². The lowest BCUT2D eigenvalue weighted by molar-refractivity contribution is -0.127. The summed E-state index contributed by atoms with van der Waals surface area (Å²) >= 11 is 0. The van der Waals surface area contributed by atoms with Gasteiger partial charge in [-0.25, -0.2) is 0 Å². The number of nitrogens with one attached hydrogen (secondary N) is 1. The molecule has 1 atom stereocenters. The van der Waals surface area contributed by atoms with Crippen LogP contribution in [-0.2, 0) is 4.79 Å². The maximum Gasteiger partial charge on any atom is 0.260 e. The lowest BCUT2D eigenvalue weighted by Gasteiger charge is -2.16. The minimum atomic E-state index is -0.623. The van der Waals surface area contributed by atoms with Crippen molar-refractivity contribution in [3.05, 3.63) is 23.8 Å². The molecule has 0 saturated heterocycles. The molecule has 104 valence electrons. The number of carbonyl (C=O) groups excluding carboxylic acids is 2. The summed E-state index contributed by atoms with van der Waals surface area (Å²) < 4.78 is 10.7. The fourth-order valence-electron chi connectivity index (χ4n) is 1.49. The van der Waals surface area contributed by atoms with Gasteiger partial charge in [0.25, 0.3) is 5.91 Å². The average molecular weight is 265 g/mol. The molecule has 0 aliphatic carbocycles. The van der Waals surface area contributed by atoms with Crippen molar-refractivity contribution in [2.24, 2.45) is 0 Å². The maximum absolute atomic E-state index is 11.7. The summed E-state index contributed by atoms with van der Waals surface area (Å²) in [5, 5.41) is 2.75. The van der Waals surface area contributed by atoms with Crippen molar-refractivity contribution in [1.82, 2.24) is 5.32 Å². The summed E-state index contributed by atoms with van der Waals surface area (Å²) in [4.78, 5) is 22.4. The molecule has 0 spiro atoms. The molecule has 1 rings (SSSR count). The Bertz CT molecular complexity index is 445. The fourth-order valence-corrected chi connectivity index (χ4v) is 1.49. The molecular formula is C14H19NO4. The number of ether oxygens (including phenoxy) is 2. The van der Waals surface area contributed by atoms with Crippen molar-refractivity contribution < 1.29 is 19.1 Å². The molecule has 0 aliphatic heterocycles. The average Bonchev–Trinajstić information content (AvgIpc) is 2.44. The predicted molar refractivity (Wildman–Crippen MR) is 71.8 cm³/mol. The quantitative estimate of drug-likeness (QED) is 0.763. The van der Waals surface area contributed by atoms with Crippen LogP contribution in [0.15, 0.2) is 18.2 Å². The molecule has 0 heterocycles. The summed E-state index contributed by atoms with van der Waals surface area (Å²) in [6, 6.07) is 4.80. The van der Waals surface area contributed by atoms with Crippen molar-refractivity contribution in [3.8, 4) is 11.5 Å². The Balaban J connectivity index is 2.75. The van der Waals surface area contributed by atoms with Crippen LogP contribution in [0.3, 0.4) is 0 Å². The minimum absolute atomic E-state index is 0.177. The predicted octanol–water partition coefficient (Wildman–Crippen LogP) is 1.80. The number of hydrogen-bond donors (Lipinski definition) is 1. The highest BCUT2D eigenvalue weighted by molar-refractivity contribution is 5.81. The van der Waals surface area contributed by atoms with Gasteiger partial charge in [0, 0.05) is 12.1 Å². The molecule has 1 N–H and O–H groups in total. The van der Waals surface area contributed by atoms with Crippen LogP contribution in [0.25, 0.3) is 0 Å². The maximum atomic E-state index is 11.7. The van der Waals surface area contributed by atoms with Crippen LogP contribution >= 0.6 is 0 Å². The molecule has 5 nitrogen and oxygen atoms in total. The van der Waals surface area contributed by atoms with Gasteiger partial charge in [0.1, 0.15) is 6.29 Å². The molecule has 0 aliphatic rings. The summed E-state index contributed by atoms with van der Waals surface area (Å²) in [6.45, 7) is 4.26. The van der Waals surface area contributed by atoms with Crippen LogP contribution in [-0.4, -0.2) is 32.0 Å². The Morgan fingerprint density at radius 1 is 1.42 bits per heavy atom. The summed E-state index contributed by atoms with van der Waals surface area (Å²) in [5.74, 6) is 0.690. The molecule has 0 aromatic heterocycles. The van der Waals surface area contributed by atoms with Gasteiger partial charge in [-0.15, -0.1) is 0 Å². The lowest BCUT2D eigenvalue weighted by Crippen LogP contribution is -2.36. The van der Waals surface area contributed by atoms with Crippen molar-refractivity contribution in [2.45, 2.75) is 26.4 Å². The van der Waals surface area contributed by atoms with E-state index >= 15 is 0 Å². The lowest BCUT2D eigenvalue weighted by atomic mass is 10.2. The molecule has 0 fully saturated rings. The zero-order valence-electron chi connectivity index (χ0n) is 11.4. The Morgan fingerprint density at radius 3 is 2.74 bits per heavy atom. The van der Waals surface area contributed by atoms with Gasteiger partial charge < -0.3 is 14.8 Å². The molecule has 0 bridgehead atoms.